The normalized spacial score (nSPS) is 11.7. The number of aromatic nitrogens is 3. The van der Waals surface area contributed by atoms with Crippen molar-refractivity contribution in [2.75, 3.05) is 0 Å². The summed E-state index contributed by atoms with van der Waals surface area (Å²) in [4.78, 5) is 15.3. The first kappa shape index (κ1) is 33.2. The van der Waals surface area contributed by atoms with Crippen LogP contribution in [-0.2, 0) is 0 Å². The van der Waals surface area contributed by atoms with Crippen molar-refractivity contribution >= 4 is 65.0 Å². The third kappa shape index (κ3) is 5.73. The van der Waals surface area contributed by atoms with Gasteiger partial charge in [-0.25, -0.2) is 15.0 Å². The molecule has 12 aromatic rings. The molecule has 2 aromatic heterocycles. The molecule has 0 N–H and O–H groups in total. The van der Waals surface area contributed by atoms with Gasteiger partial charge in [-0.05, 0) is 102 Å². The molecular weight excluding hydrogens is 719 g/mol. The fourth-order valence-electron chi connectivity index (χ4n) is 8.63. The lowest BCUT2D eigenvalue weighted by molar-refractivity contribution is 0.670. The third-order valence-corrected chi connectivity index (χ3v) is 11.6. The molecule has 0 unspecified atom stereocenters. The predicted octanol–water partition coefficient (Wildman–Crippen LogP) is 14.7. The minimum absolute atomic E-state index is 0.587. The number of nitrogens with zero attached hydrogens (tertiary/aromatic N) is 3. The summed E-state index contributed by atoms with van der Waals surface area (Å²) in [5.74, 6) is 1.83. The van der Waals surface area contributed by atoms with Crippen LogP contribution in [0.4, 0.5) is 0 Å². The van der Waals surface area contributed by atoms with E-state index in [-0.39, 0.29) is 0 Å². The average molecular weight is 752 g/mol. The van der Waals surface area contributed by atoms with E-state index in [1.54, 1.807) is 0 Å². The number of furan rings is 1. The van der Waals surface area contributed by atoms with Crippen molar-refractivity contribution in [1.29, 1.82) is 0 Å². The maximum absolute atomic E-state index is 6.95. The number of hydrogen-bond acceptors (Lipinski definition) is 4. The van der Waals surface area contributed by atoms with Gasteiger partial charge in [-0.15, -0.1) is 0 Å². The molecule has 0 spiro atoms. The van der Waals surface area contributed by atoms with E-state index in [1.807, 2.05) is 0 Å². The van der Waals surface area contributed by atoms with Gasteiger partial charge in [0.25, 0.3) is 0 Å². The van der Waals surface area contributed by atoms with Crippen LogP contribution < -0.4 is 0 Å². The molecule has 0 atom stereocenters. The van der Waals surface area contributed by atoms with Crippen molar-refractivity contribution in [3.8, 4) is 56.4 Å². The number of fused-ring (bicyclic) bond motifs is 7. The van der Waals surface area contributed by atoms with Gasteiger partial charge in [0.2, 0.25) is 0 Å². The van der Waals surface area contributed by atoms with Crippen LogP contribution >= 0.6 is 0 Å². The Kier molecular flexibility index (Phi) is 7.50. The van der Waals surface area contributed by atoms with E-state index in [9.17, 15) is 0 Å². The zero-order chi connectivity index (χ0) is 38.9. The number of benzene rings is 10. The van der Waals surface area contributed by atoms with Crippen LogP contribution in [0.2, 0.25) is 0 Å². The van der Waals surface area contributed by atoms with Gasteiger partial charge in [0.1, 0.15) is 11.2 Å². The van der Waals surface area contributed by atoms with Crippen LogP contribution in [-0.4, -0.2) is 15.0 Å². The van der Waals surface area contributed by atoms with E-state index < -0.39 is 0 Å². The Morgan fingerprint density at radius 3 is 1.39 bits per heavy atom. The van der Waals surface area contributed by atoms with Crippen molar-refractivity contribution < 1.29 is 4.42 Å². The van der Waals surface area contributed by atoms with Gasteiger partial charge in [-0.2, -0.15) is 0 Å². The lowest BCUT2D eigenvalue weighted by Gasteiger charge is -2.11. The van der Waals surface area contributed by atoms with E-state index >= 15 is 0 Å². The van der Waals surface area contributed by atoms with Crippen molar-refractivity contribution in [3.05, 3.63) is 200 Å². The largest absolute Gasteiger partial charge is 0.455 e. The SMILES string of the molecule is c1ccc(-c2ccc3cc(-c4c5ccccc5cc5c4oc4cc(-c6nc(-c7ccc8ccccc8c7)nc(-c7ccc8ccccc8c7)n6)ccc45)ccc3c2)cc1. The fraction of sp³-hybridized carbons (Fsp3) is 0. The first-order valence-corrected chi connectivity index (χ1v) is 19.9. The molecule has 0 saturated carbocycles. The van der Waals surface area contributed by atoms with E-state index in [0.717, 1.165) is 65.9 Å². The van der Waals surface area contributed by atoms with Crippen LogP contribution in [0.5, 0.6) is 0 Å². The summed E-state index contributed by atoms with van der Waals surface area (Å²) in [7, 11) is 0. The topological polar surface area (TPSA) is 51.8 Å². The second-order valence-electron chi connectivity index (χ2n) is 15.2. The molecule has 0 aliphatic heterocycles. The van der Waals surface area contributed by atoms with Gasteiger partial charge in [-0.3, -0.25) is 0 Å². The summed E-state index contributed by atoms with van der Waals surface area (Å²) in [5, 5.41) is 11.4. The average Bonchev–Trinajstić information content (AvgIpc) is 3.67. The molecule has 0 aliphatic carbocycles. The van der Waals surface area contributed by atoms with Crippen LogP contribution in [0.15, 0.2) is 205 Å². The maximum atomic E-state index is 6.95. The Balaban J connectivity index is 1.02. The molecule has 0 saturated heterocycles. The Bertz CT molecular complexity index is 3530. The number of rotatable bonds is 5. The molecule has 12 rings (SSSR count). The van der Waals surface area contributed by atoms with Gasteiger partial charge in [-0.1, -0.05) is 158 Å². The van der Waals surface area contributed by atoms with Gasteiger partial charge in [0, 0.05) is 33.0 Å². The van der Waals surface area contributed by atoms with E-state index in [1.165, 1.54) is 38.1 Å². The first-order chi connectivity index (χ1) is 29.2. The second-order valence-corrected chi connectivity index (χ2v) is 15.2. The highest BCUT2D eigenvalue weighted by Crippen LogP contribution is 2.43. The van der Waals surface area contributed by atoms with E-state index in [4.69, 9.17) is 19.4 Å². The Hall–Kier alpha value is -7.95. The van der Waals surface area contributed by atoms with Gasteiger partial charge >= 0.3 is 0 Å². The smallest absolute Gasteiger partial charge is 0.164 e. The summed E-state index contributed by atoms with van der Waals surface area (Å²) in [6.07, 6.45) is 0. The lowest BCUT2D eigenvalue weighted by Crippen LogP contribution is -2.00. The number of hydrogen-bond donors (Lipinski definition) is 0. The molecule has 4 heteroatoms. The highest BCUT2D eigenvalue weighted by molar-refractivity contribution is 6.19. The van der Waals surface area contributed by atoms with E-state index in [2.05, 4.69) is 200 Å². The molecule has 2 heterocycles. The minimum atomic E-state index is 0.587. The summed E-state index contributed by atoms with van der Waals surface area (Å²) < 4.78 is 6.95. The molecule has 4 nitrogen and oxygen atoms in total. The van der Waals surface area contributed by atoms with Crippen molar-refractivity contribution in [2.24, 2.45) is 0 Å². The maximum Gasteiger partial charge on any atom is 0.164 e. The third-order valence-electron chi connectivity index (χ3n) is 11.6. The zero-order valence-corrected chi connectivity index (χ0v) is 31.8. The van der Waals surface area contributed by atoms with Crippen molar-refractivity contribution in [1.82, 2.24) is 15.0 Å². The molecule has 10 aromatic carbocycles. The molecule has 59 heavy (non-hydrogen) atoms. The highest BCUT2D eigenvalue weighted by Gasteiger charge is 2.19. The summed E-state index contributed by atoms with van der Waals surface area (Å²) in [6, 6.07) is 70.6. The van der Waals surface area contributed by atoms with Crippen molar-refractivity contribution in [2.45, 2.75) is 0 Å². The van der Waals surface area contributed by atoms with Crippen LogP contribution in [0.3, 0.4) is 0 Å². The van der Waals surface area contributed by atoms with Gasteiger partial charge < -0.3 is 4.42 Å². The standard InChI is InChI=1S/C55H33N3O/c1-2-10-34(11-3-1)39-20-21-41-29-43(23-22-40(41)28-39)51-47-17-9-8-16-42(47)32-49-48-27-26-46(33-50(48)59-52(49)51)55-57-53(44-24-18-35-12-4-6-14-37(35)30-44)56-54(58-55)45-25-19-36-13-5-7-15-38(36)31-45/h1-33H. The van der Waals surface area contributed by atoms with Crippen LogP contribution in [0.25, 0.3) is 121 Å². The molecular formula is C55H33N3O. The van der Waals surface area contributed by atoms with E-state index in [0.29, 0.717) is 17.5 Å². The molecule has 0 amide bonds. The quantitative estimate of drug-likeness (QED) is 0.176. The molecule has 0 bridgehead atoms. The minimum Gasteiger partial charge on any atom is -0.455 e. The predicted molar refractivity (Wildman–Crippen MR) is 244 cm³/mol. The summed E-state index contributed by atoms with van der Waals surface area (Å²) in [5.41, 5.74) is 8.98. The highest BCUT2D eigenvalue weighted by atomic mass is 16.3. The summed E-state index contributed by atoms with van der Waals surface area (Å²) >= 11 is 0. The zero-order valence-electron chi connectivity index (χ0n) is 31.8. The van der Waals surface area contributed by atoms with Gasteiger partial charge in [0.15, 0.2) is 17.5 Å². The second kappa shape index (κ2) is 13.3. The Morgan fingerprint density at radius 2 is 0.729 bits per heavy atom. The molecule has 0 fully saturated rings. The monoisotopic (exact) mass is 751 g/mol. The van der Waals surface area contributed by atoms with Gasteiger partial charge in [0.05, 0.1) is 0 Å². The van der Waals surface area contributed by atoms with Crippen molar-refractivity contribution in [3.63, 3.8) is 0 Å². The van der Waals surface area contributed by atoms with Crippen LogP contribution in [0, 0.1) is 0 Å². The first-order valence-electron chi connectivity index (χ1n) is 19.9. The van der Waals surface area contributed by atoms with Crippen LogP contribution in [0.1, 0.15) is 0 Å². The fourth-order valence-corrected chi connectivity index (χ4v) is 8.63. The molecule has 0 aliphatic rings. The Morgan fingerprint density at radius 1 is 0.271 bits per heavy atom. The lowest BCUT2D eigenvalue weighted by atomic mass is 9.93. The Labute approximate surface area is 339 Å². The molecule has 274 valence electrons. The summed E-state index contributed by atoms with van der Waals surface area (Å²) in [6.45, 7) is 0. The molecule has 0 radical (unpaired) electrons.